The number of nitrogens with one attached hydrogen (secondary N) is 1. The molecular weight excluding hydrogens is 232 g/mol. The van der Waals surface area contributed by atoms with Gasteiger partial charge in [0.15, 0.2) is 0 Å². The lowest BCUT2D eigenvalue weighted by molar-refractivity contribution is 0.574. The van der Waals surface area contributed by atoms with Crippen LogP contribution < -0.4 is 5.32 Å². The van der Waals surface area contributed by atoms with Gasteiger partial charge in [-0.3, -0.25) is 4.98 Å². The number of benzene rings is 1. The van der Waals surface area contributed by atoms with Gasteiger partial charge in [-0.2, -0.15) is 0 Å². The molecule has 1 atom stereocenters. The van der Waals surface area contributed by atoms with Gasteiger partial charge in [-0.05, 0) is 54.5 Å². The smallest absolute Gasteiger partial charge is 0.0296 e. The number of rotatable bonds is 5. The van der Waals surface area contributed by atoms with Crippen LogP contribution in [0.4, 0.5) is 0 Å². The molecular formula is C17H20N2. The van der Waals surface area contributed by atoms with E-state index in [1.165, 1.54) is 29.5 Å². The third-order valence-corrected chi connectivity index (χ3v) is 3.85. The van der Waals surface area contributed by atoms with Gasteiger partial charge < -0.3 is 5.32 Å². The van der Waals surface area contributed by atoms with E-state index < -0.39 is 0 Å². The van der Waals surface area contributed by atoms with Crippen molar-refractivity contribution < 1.29 is 0 Å². The fourth-order valence-corrected chi connectivity index (χ4v) is 2.37. The average molecular weight is 252 g/mol. The Morgan fingerprint density at radius 3 is 2.42 bits per heavy atom. The number of pyridine rings is 1. The lowest BCUT2D eigenvalue weighted by Gasteiger charge is -2.14. The Morgan fingerprint density at radius 1 is 1.11 bits per heavy atom. The van der Waals surface area contributed by atoms with Gasteiger partial charge >= 0.3 is 0 Å². The minimum Gasteiger partial charge on any atom is -0.306 e. The Labute approximate surface area is 114 Å². The summed E-state index contributed by atoms with van der Waals surface area (Å²) < 4.78 is 0. The molecule has 1 saturated carbocycles. The van der Waals surface area contributed by atoms with Crippen molar-refractivity contribution in [2.75, 3.05) is 0 Å². The zero-order valence-electron chi connectivity index (χ0n) is 11.3. The lowest BCUT2D eigenvalue weighted by atomic mass is 10.1. The second-order valence-electron chi connectivity index (χ2n) is 5.40. The van der Waals surface area contributed by atoms with Crippen molar-refractivity contribution in [3.63, 3.8) is 0 Å². The monoisotopic (exact) mass is 252 g/mol. The van der Waals surface area contributed by atoms with Crippen LogP contribution in [0, 0.1) is 0 Å². The standard InChI is InChI=1S/C17H20N2/c1-13(15-8-10-18-11-9-15)19-12-14-2-4-16(5-3-14)17-6-7-17/h2-5,8-11,13,17,19H,6-7,12H2,1H3. The van der Waals surface area contributed by atoms with Crippen molar-refractivity contribution in [2.24, 2.45) is 0 Å². The van der Waals surface area contributed by atoms with Gasteiger partial charge in [-0.15, -0.1) is 0 Å². The summed E-state index contributed by atoms with van der Waals surface area (Å²) in [7, 11) is 0. The van der Waals surface area contributed by atoms with Gasteiger partial charge in [0, 0.05) is 25.0 Å². The predicted molar refractivity (Wildman–Crippen MR) is 77.9 cm³/mol. The van der Waals surface area contributed by atoms with Gasteiger partial charge in [-0.1, -0.05) is 24.3 Å². The maximum atomic E-state index is 4.05. The van der Waals surface area contributed by atoms with E-state index in [-0.39, 0.29) is 0 Å². The van der Waals surface area contributed by atoms with E-state index in [0.717, 1.165) is 12.5 Å². The molecule has 0 saturated heterocycles. The molecule has 19 heavy (non-hydrogen) atoms. The van der Waals surface area contributed by atoms with Gasteiger partial charge in [0.05, 0.1) is 0 Å². The highest BCUT2D eigenvalue weighted by Crippen LogP contribution is 2.39. The molecule has 0 amide bonds. The Bertz CT molecular complexity index is 515. The van der Waals surface area contributed by atoms with Crippen LogP contribution in [0.2, 0.25) is 0 Å². The number of aromatic nitrogens is 1. The molecule has 1 aliphatic carbocycles. The number of nitrogens with zero attached hydrogens (tertiary/aromatic N) is 1. The molecule has 1 aromatic carbocycles. The molecule has 2 heteroatoms. The summed E-state index contributed by atoms with van der Waals surface area (Å²) >= 11 is 0. The largest absolute Gasteiger partial charge is 0.306 e. The van der Waals surface area contributed by atoms with Crippen molar-refractivity contribution in [3.05, 3.63) is 65.5 Å². The molecule has 1 aliphatic rings. The highest BCUT2D eigenvalue weighted by Gasteiger charge is 2.22. The van der Waals surface area contributed by atoms with Crippen LogP contribution in [0.15, 0.2) is 48.8 Å². The van der Waals surface area contributed by atoms with Crippen molar-refractivity contribution in [1.82, 2.24) is 10.3 Å². The normalized spacial score (nSPS) is 16.3. The SMILES string of the molecule is CC(NCc1ccc(C2CC2)cc1)c1ccncc1. The maximum absolute atomic E-state index is 4.05. The van der Waals surface area contributed by atoms with Crippen LogP contribution >= 0.6 is 0 Å². The summed E-state index contributed by atoms with van der Waals surface area (Å²) in [4.78, 5) is 4.05. The van der Waals surface area contributed by atoms with Crippen LogP contribution in [0.3, 0.4) is 0 Å². The molecule has 1 aromatic heterocycles. The summed E-state index contributed by atoms with van der Waals surface area (Å²) in [6.45, 7) is 3.10. The number of hydrogen-bond acceptors (Lipinski definition) is 2. The van der Waals surface area contributed by atoms with Crippen molar-refractivity contribution in [2.45, 2.75) is 38.3 Å². The van der Waals surface area contributed by atoms with Gasteiger partial charge in [0.1, 0.15) is 0 Å². The summed E-state index contributed by atoms with van der Waals surface area (Å²) in [6, 6.07) is 13.5. The fourth-order valence-electron chi connectivity index (χ4n) is 2.37. The summed E-state index contributed by atoms with van der Waals surface area (Å²) in [5, 5.41) is 3.55. The Hall–Kier alpha value is -1.67. The number of hydrogen-bond donors (Lipinski definition) is 1. The molecule has 98 valence electrons. The van der Waals surface area contributed by atoms with E-state index in [4.69, 9.17) is 0 Å². The molecule has 0 spiro atoms. The highest BCUT2D eigenvalue weighted by atomic mass is 14.9. The second kappa shape index (κ2) is 5.54. The topological polar surface area (TPSA) is 24.9 Å². The fraction of sp³-hybridized carbons (Fsp3) is 0.353. The zero-order valence-corrected chi connectivity index (χ0v) is 11.3. The minimum absolute atomic E-state index is 0.353. The van der Waals surface area contributed by atoms with E-state index in [2.05, 4.69) is 53.6 Å². The van der Waals surface area contributed by atoms with E-state index in [9.17, 15) is 0 Å². The first-order valence-corrected chi connectivity index (χ1v) is 7.05. The minimum atomic E-state index is 0.353. The quantitative estimate of drug-likeness (QED) is 0.875. The van der Waals surface area contributed by atoms with Crippen LogP contribution in [-0.4, -0.2) is 4.98 Å². The van der Waals surface area contributed by atoms with Crippen LogP contribution in [0.5, 0.6) is 0 Å². The average Bonchev–Trinajstić information content (AvgIpc) is 3.31. The molecule has 0 bridgehead atoms. The van der Waals surface area contributed by atoms with Crippen molar-refractivity contribution in [1.29, 1.82) is 0 Å². The zero-order chi connectivity index (χ0) is 13.1. The molecule has 2 aromatic rings. The first kappa shape index (κ1) is 12.4. The summed E-state index contributed by atoms with van der Waals surface area (Å²) in [5.41, 5.74) is 4.14. The predicted octanol–water partition coefficient (Wildman–Crippen LogP) is 3.81. The van der Waals surface area contributed by atoms with E-state index in [1.54, 1.807) is 0 Å². The second-order valence-corrected chi connectivity index (χ2v) is 5.40. The lowest BCUT2D eigenvalue weighted by Crippen LogP contribution is -2.18. The van der Waals surface area contributed by atoms with Crippen molar-refractivity contribution in [3.8, 4) is 0 Å². The van der Waals surface area contributed by atoms with Gasteiger partial charge in [-0.25, -0.2) is 0 Å². The first-order valence-electron chi connectivity index (χ1n) is 7.05. The third kappa shape index (κ3) is 3.21. The molecule has 0 aliphatic heterocycles. The Morgan fingerprint density at radius 2 is 1.79 bits per heavy atom. The van der Waals surface area contributed by atoms with E-state index in [1.807, 2.05) is 12.4 Å². The van der Waals surface area contributed by atoms with Crippen LogP contribution in [0.25, 0.3) is 0 Å². The Balaban J connectivity index is 1.56. The highest BCUT2D eigenvalue weighted by molar-refractivity contribution is 5.28. The molecule has 1 heterocycles. The van der Waals surface area contributed by atoms with E-state index >= 15 is 0 Å². The van der Waals surface area contributed by atoms with Crippen LogP contribution in [0.1, 0.15) is 48.4 Å². The van der Waals surface area contributed by atoms with Crippen LogP contribution in [-0.2, 0) is 6.54 Å². The molecule has 1 unspecified atom stereocenters. The summed E-state index contributed by atoms with van der Waals surface area (Å²) in [6.07, 6.45) is 6.43. The first-order chi connectivity index (χ1) is 9.33. The molecule has 0 radical (unpaired) electrons. The van der Waals surface area contributed by atoms with Gasteiger partial charge in [0.25, 0.3) is 0 Å². The summed E-state index contributed by atoms with van der Waals surface area (Å²) in [5.74, 6) is 0.845. The molecule has 1 N–H and O–H groups in total. The maximum Gasteiger partial charge on any atom is 0.0296 e. The molecule has 2 nitrogen and oxygen atoms in total. The van der Waals surface area contributed by atoms with E-state index in [0.29, 0.717) is 6.04 Å². The van der Waals surface area contributed by atoms with Crippen molar-refractivity contribution >= 4 is 0 Å². The third-order valence-electron chi connectivity index (χ3n) is 3.85. The van der Waals surface area contributed by atoms with Gasteiger partial charge in [0.2, 0.25) is 0 Å². The Kier molecular flexibility index (Phi) is 3.60. The molecule has 1 fully saturated rings. The molecule has 3 rings (SSSR count).